The van der Waals surface area contributed by atoms with Crippen molar-refractivity contribution in [1.29, 1.82) is 5.41 Å². The van der Waals surface area contributed by atoms with Crippen LogP contribution in [0.5, 0.6) is 0 Å². The molecule has 0 aromatic heterocycles. The molecule has 0 aliphatic rings. The van der Waals surface area contributed by atoms with Crippen molar-refractivity contribution in [2.75, 3.05) is 11.4 Å². The van der Waals surface area contributed by atoms with Gasteiger partial charge in [0.05, 0.1) is 0 Å². The van der Waals surface area contributed by atoms with Gasteiger partial charge in [-0.2, -0.15) is 0 Å². The van der Waals surface area contributed by atoms with E-state index in [2.05, 4.69) is 0 Å². The molecule has 0 heterocycles. The second-order valence-electron chi connectivity index (χ2n) is 3.94. The largest absolute Gasteiger partial charge is 0.327 e. The van der Waals surface area contributed by atoms with Crippen LogP contribution in [0.3, 0.4) is 0 Å². The van der Waals surface area contributed by atoms with Gasteiger partial charge in [-0.3, -0.25) is 5.41 Å². The summed E-state index contributed by atoms with van der Waals surface area (Å²) in [4.78, 5) is 1.84. The van der Waals surface area contributed by atoms with Gasteiger partial charge in [-0.15, -0.1) is 0 Å². The first-order valence-corrected chi connectivity index (χ1v) is 5.89. The fourth-order valence-corrected chi connectivity index (χ4v) is 1.84. The first-order valence-electron chi connectivity index (χ1n) is 5.89. The first-order chi connectivity index (χ1) is 8.72. The van der Waals surface area contributed by atoms with E-state index in [-0.39, 0.29) is 5.82 Å². The minimum absolute atomic E-state index is 0.263. The number of rotatable bonds is 3. The van der Waals surface area contributed by atoms with E-state index in [1.54, 1.807) is 12.1 Å². The zero-order chi connectivity index (χ0) is 13.0. The lowest BCUT2D eigenvalue weighted by atomic mass is 10.1. The molecule has 0 aliphatic heterocycles. The summed E-state index contributed by atoms with van der Waals surface area (Å²) >= 11 is 0. The van der Waals surface area contributed by atoms with Crippen molar-refractivity contribution >= 4 is 11.5 Å². The fourth-order valence-electron chi connectivity index (χ4n) is 1.84. The summed E-state index contributed by atoms with van der Waals surface area (Å²) < 4.78 is 12.9. The fraction of sp³-hybridized carbons (Fsp3) is 0.133. The number of nitrogens with one attached hydrogen (secondary N) is 1. The van der Waals surface area contributed by atoms with Crippen molar-refractivity contribution in [2.24, 2.45) is 0 Å². The van der Waals surface area contributed by atoms with E-state index >= 15 is 0 Å². The maximum absolute atomic E-state index is 12.9. The molecule has 2 rings (SSSR count). The summed E-state index contributed by atoms with van der Waals surface area (Å²) in [5.41, 5.74) is 1.68. The molecule has 92 valence electrons. The third-order valence-electron chi connectivity index (χ3n) is 2.77. The van der Waals surface area contributed by atoms with Crippen LogP contribution in [0.25, 0.3) is 0 Å². The SMILES string of the molecule is CCN(C(=N)c1ccccc1)c1ccc(F)cc1. The van der Waals surface area contributed by atoms with Crippen LogP contribution in [0.4, 0.5) is 10.1 Å². The molecule has 0 bridgehead atoms. The summed E-state index contributed by atoms with van der Waals surface area (Å²) in [5.74, 6) is 0.158. The standard InChI is InChI=1S/C15H15FN2/c1-2-18(14-10-8-13(16)9-11-14)15(17)12-6-4-3-5-7-12/h3-11,17H,2H2,1H3. The van der Waals surface area contributed by atoms with Gasteiger partial charge in [0.1, 0.15) is 11.7 Å². The van der Waals surface area contributed by atoms with Gasteiger partial charge in [-0.25, -0.2) is 4.39 Å². The van der Waals surface area contributed by atoms with Crippen molar-refractivity contribution in [2.45, 2.75) is 6.92 Å². The summed E-state index contributed by atoms with van der Waals surface area (Å²) in [6, 6.07) is 15.7. The molecule has 0 saturated heterocycles. The Balaban J connectivity index is 2.29. The third-order valence-corrected chi connectivity index (χ3v) is 2.77. The number of anilines is 1. The van der Waals surface area contributed by atoms with Gasteiger partial charge in [0, 0.05) is 17.8 Å². The summed E-state index contributed by atoms with van der Waals surface area (Å²) in [6.45, 7) is 2.64. The summed E-state index contributed by atoms with van der Waals surface area (Å²) in [6.07, 6.45) is 0. The maximum atomic E-state index is 12.9. The molecule has 0 spiro atoms. The maximum Gasteiger partial charge on any atom is 0.132 e. The molecule has 2 nitrogen and oxygen atoms in total. The molecule has 0 radical (unpaired) electrons. The molecule has 0 amide bonds. The molecule has 3 heteroatoms. The molecule has 0 unspecified atom stereocenters. The molecule has 2 aromatic rings. The zero-order valence-electron chi connectivity index (χ0n) is 10.2. The average molecular weight is 242 g/mol. The van der Waals surface area contributed by atoms with Crippen LogP contribution < -0.4 is 4.90 Å². The van der Waals surface area contributed by atoms with Gasteiger partial charge in [-0.05, 0) is 31.2 Å². The summed E-state index contributed by atoms with van der Waals surface area (Å²) in [7, 11) is 0. The molecule has 0 fully saturated rings. The van der Waals surface area contributed by atoms with Crippen LogP contribution in [0.1, 0.15) is 12.5 Å². The van der Waals surface area contributed by atoms with Crippen LogP contribution in [0.2, 0.25) is 0 Å². The van der Waals surface area contributed by atoms with Gasteiger partial charge < -0.3 is 4.90 Å². The lowest BCUT2D eigenvalue weighted by Crippen LogP contribution is -2.30. The highest BCUT2D eigenvalue weighted by molar-refractivity contribution is 6.07. The second-order valence-corrected chi connectivity index (χ2v) is 3.94. The lowest BCUT2D eigenvalue weighted by molar-refractivity contribution is 0.628. The number of benzene rings is 2. The van der Waals surface area contributed by atoms with E-state index in [1.165, 1.54) is 12.1 Å². The van der Waals surface area contributed by atoms with E-state index < -0.39 is 0 Å². The molecule has 0 saturated carbocycles. The van der Waals surface area contributed by atoms with E-state index in [0.29, 0.717) is 12.4 Å². The van der Waals surface area contributed by atoms with Crippen molar-refractivity contribution in [3.63, 3.8) is 0 Å². The number of amidine groups is 1. The lowest BCUT2D eigenvalue weighted by Gasteiger charge is -2.23. The Morgan fingerprint density at radius 2 is 1.67 bits per heavy atom. The Hall–Kier alpha value is -2.16. The monoisotopic (exact) mass is 242 g/mol. The Labute approximate surface area is 106 Å². The topological polar surface area (TPSA) is 27.1 Å². The van der Waals surface area contributed by atoms with E-state index in [9.17, 15) is 4.39 Å². The van der Waals surface area contributed by atoms with Gasteiger partial charge >= 0.3 is 0 Å². The normalized spacial score (nSPS) is 10.1. The van der Waals surface area contributed by atoms with Gasteiger partial charge in [-0.1, -0.05) is 30.3 Å². The number of halogens is 1. The molecule has 1 N–H and O–H groups in total. The van der Waals surface area contributed by atoms with Gasteiger partial charge in [0.15, 0.2) is 0 Å². The van der Waals surface area contributed by atoms with Crippen LogP contribution in [0, 0.1) is 11.2 Å². The smallest absolute Gasteiger partial charge is 0.132 e. The Kier molecular flexibility index (Phi) is 3.72. The van der Waals surface area contributed by atoms with Gasteiger partial charge in [0.2, 0.25) is 0 Å². The zero-order valence-corrected chi connectivity index (χ0v) is 10.2. The van der Waals surface area contributed by atoms with Crippen LogP contribution >= 0.6 is 0 Å². The number of nitrogens with zero attached hydrogens (tertiary/aromatic N) is 1. The van der Waals surface area contributed by atoms with Crippen LogP contribution in [0.15, 0.2) is 54.6 Å². The first kappa shape index (κ1) is 12.3. The van der Waals surface area contributed by atoms with Crippen molar-refractivity contribution in [3.05, 3.63) is 66.0 Å². The highest BCUT2D eigenvalue weighted by Gasteiger charge is 2.11. The molecular formula is C15H15FN2. The highest BCUT2D eigenvalue weighted by Crippen LogP contribution is 2.17. The quantitative estimate of drug-likeness (QED) is 0.645. The average Bonchev–Trinajstić information content (AvgIpc) is 2.42. The Bertz CT molecular complexity index is 520. The molecule has 2 aromatic carbocycles. The van der Waals surface area contributed by atoms with Crippen molar-refractivity contribution in [1.82, 2.24) is 0 Å². The van der Waals surface area contributed by atoms with E-state index in [4.69, 9.17) is 5.41 Å². The van der Waals surface area contributed by atoms with E-state index in [1.807, 2.05) is 42.2 Å². The Morgan fingerprint density at radius 3 is 2.22 bits per heavy atom. The highest BCUT2D eigenvalue weighted by atomic mass is 19.1. The molecular weight excluding hydrogens is 227 g/mol. The predicted octanol–water partition coefficient (Wildman–Crippen LogP) is 3.68. The minimum Gasteiger partial charge on any atom is -0.327 e. The predicted molar refractivity (Wildman–Crippen MR) is 72.7 cm³/mol. The second kappa shape index (κ2) is 5.45. The number of hydrogen-bond donors (Lipinski definition) is 1. The van der Waals surface area contributed by atoms with Crippen molar-refractivity contribution in [3.8, 4) is 0 Å². The molecule has 18 heavy (non-hydrogen) atoms. The van der Waals surface area contributed by atoms with Crippen LogP contribution in [-0.4, -0.2) is 12.4 Å². The van der Waals surface area contributed by atoms with E-state index in [0.717, 1.165) is 11.3 Å². The Morgan fingerprint density at radius 1 is 1.06 bits per heavy atom. The minimum atomic E-state index is -0.263. The number of hydrogen-bond acceptors (Lipinski definition) is 1. The van der Waals surface area contributed by atoms with Gasteiger partial charge in [0.25, 0.3) is 0 Å². The molecule has 0 aliphatic carbocycles. The van der Waals surface area contributed by atoms with Crippen molar-refractivity contribution < 1.29 is 4.39 Å². The van der Waals surface area contributed by atoms with Crippen LogP contribution in [-0.2, 0) is 0 Å². The third kappa shape index (κ3) is 2.56. The summed E-state index contributed by atoms with van der Waals surface area (Å²) in [5, 5.41) is 8.21. The molecule has 0 atom stereocenters.